The van der Waals surface area contributed by atoms with Crippen LogP contribution in [0.5, 0.6) is 11.5 Å². The third-order valence-corrected chi connectivity index (χ3v) is 7.61. The van der Waals surface area contributed by atoms with Crippen LogP contribution in [0.15, 0.2) is 60.9 Å². The number of nitrogens with one attached hydrogen (secondary N) is 1. The van der Waals surface area contributed by atoms with Crippen LogP contribution < -0.4 is 14.4 Å². The second-order valence-electron chi connectivity index (χ2n) is 9.21. The van der Waals surface area contributed by atoms with Crippen molar-refractivity contribution in [3.8, 4) is 11.5 Å². The minimum atomic E-state index is -0.617. The minimum absolute atomic E-state index is 0. The van der Waals surface area contributed by atoms with E-state index in [1.165, 1.54) is 19.4 Å². The van der Waals surface area contributed by atoms with Crippen molar-refractivity contribution in [3.63, 3.8) is 0 Å². The van der Waals surface area contributed by atoms with Crippen molar-refractivity contribution in [3.05, 3.63) is 88.9 Å². The number of H-pyrrole nitrogens is 1. The number of alkyl halides is 1. The number of halogens is 2. The number of fused-ring (bicyclic) bond motifs is 3. The molecule has 212 valence electrons. The summed E-state index contributed by atoms with van der Waals surface area (Å²) in [4.78, 5) is 48.3. The molecule has 41 heavy (non-hydrogen) atoms. The summed E-state index contributed by atoms with van der Waals surface area (Å²) in [7, 11) is 2.91. The van der Waals surface area contributed by atoms with E-state index in [1.54, 1.807) is 49.4 Å². The number of esters is 2. The summed E-state index contributed by atoms with van der Waals surface area (Å²) in [6.07, 6.45) is 6.19. The predicted molar refractivity (Wildman–Crippen MR) is 162 cm³/mol. The van der Waals surface area contributed by atoms with Crippen LogP contribution in [-0.2, 0) is 9.53 Å². The SMILES string of the molecule is COC(=O)c1c(C)[nH]c2c(OC(=O)c3cccnc3)cc3c(c12)[C@H](CBr)CN3C(=O)/C=C/c1ccc(OC)cc1.Cl. The number of aryl methyl sites for hydroxylation is 1. The Morgan fingerprint density at radius 3 is 2.54 bits per heavy atom. The zero-order valence-electron chi connectivity index (χ0n) is 22.5. The Morgan fingerprint density at radius 2 is 1.90 bits per heavy atom. The van der Waals surface area contributed by atoms with Crippen LogP contribution in [-0.4, -0.2) is 53.9 Å². The van der Waals surface area contributed by atoms with Crippen molar-refractivity contribution in [2.24, 2.45) is 0 Å². The largest absolute Gasteiger partial charge is 0.497 e. The Labute approximate surface area is 251 Å². The summed E-state index contributed by atoms with van der Waals surface area (Å²) in [6.45, 7) is 2.12. The molecular weight excluding hydrogens is 614 g/mol. The molecule has 0 spiro atoms. The molecule has 0 saturated carbocycles. The number of aromatic amines is 1. The van der Waals surface area contributed by atoms with Crippen molar-refractivity contribution < 1.29 is 28.6 Å². The van der Waals surface area contributed by atoms with Crippen molar-refractivity contribution >= 4 is 68.8 Å². The molecule has 0 bridgehead atoms. The van der Waals surface area contributed by atoms with Gasteiger partial charge in [0.2, 0.25) is 0 Å². The highest BCUT2D eigenvalue weighted by Crippen LogP contribution is 2.47. The molecule has 0 aliphatic carbocycles. The maximum atomic E-state index is 13.5. The summed E-state index contributed by atoms with van der Waals surface area (Å²) >= 11 is 3.59. The van der Waals surface area contributed by atoms with Gasteiger partial charge in [-0.05, 0) is 48.4 Å². The number of ether oxygens (including phenoxy) is 3. The molecule has 0 unspecified atom stereocenters. The van der Waals surface area contributed by atoms with Gasteiger partial charge in [0.15, 0.2) is 5.75 Å². The standard InChI is InChI=1S/C30H26BrN3O6.ClH/c1-17-25(30(37)39-3)27-26-20(14-31)16-34(24(35)11-8-18-6-9-21(38-2)10-7-18)22(26)13-23(28(27)33-17)40-29(36)19-5-4-12-32-15-19;/h4-13,15,20,33H,14,16H2,1-3H3;1H/b11-8+;/t20-;/m1./s1. The molecule has 3 heterocycles. The van der Waals surface area contributed by atoms with Gasteiger partial charge in [0, 0.05) is 53.4 Å². The van der Waals surface area contributed by atoms with Gasteiger partial charge >= 0.3 is 11.9 Å². The van der Waals surface area contributed by atoms with Crippen LogP contribution in [0.3, 0.4) is 0 Å². The molecule has 1 aliphatic heterocycles. The Bertz CT molecular complexity index is 1640. The fourth-order valence-electron chi connectivity index (χ4n) is 4.92. The van der Waals surface area contributed by atoms with Crippen molar-refractivity contribution in [2.75, 3.05) is 31.0 Å². The maximum Gasteiger partial charge on any atom is 0.345 e. The van der Waals surface area contributed by atoms with Gasteiger partial charge < -0.3 is 24.1 Å². The Hall–Kier alpha value is -4.15. The predicted octanol–water partition coefficient (Wildman–Crippen LogP) is 5.85. The first-order valence-electron chi connectivity index (χ1n) is 12.5. The Morgan fingerprint density at radius 1 is 1.15 bits per heavy atom. The van der Waals surface area contributed by atoms with Crippen LogP contribution in [0.4, 0.5) is 5.69 Å². The lowest BCUT2D eigenvalue weighted by Crippen LogP contribution is -2.28. The van der Waals surface area contributed by atoms with E-state index < -0.39 is 11.9 Å². The molecule has 9 nitrogen and oxygen atoms in total. The average Bonchev–Trinajstić information content (AvgIpc) is 3.53. The molecule has 0 fully saturated rings. The second-order valence-corrected chi connectivity index (χ2v) is 9.86. The van der Waals surface area contributed by atoms with Gasteiger partial charge in [0.25, 0.3) is 5.91 Å². The van der Waals surface area contributed by atoms with Gasteiger partial charge in [-0.25, -0.2) is 9.59 Å². The number of hydrogen-bond acceptors (Lipinski definition) is 7. The highest BCUT2D eigenvalue weighted by Gasteiger charge is 2.37. The third kappa shape index (κ3) is 5.71. The number of rotatable bonds is 7. The molecule has 1 aliphatic rings. The molecule has 11 heteroatoms. The first-order chi connectivity index (χ1) is 19.4. The monoisotopic (exact) mass is 639 g/mol. The summed E-state index contributed by atoms with van der Waals surface area (Å²) in [5.74, 6) is -0.618. The quantitative estimate of drug-likeness (QED) is 0.117. The summed E-state index contributed by atoms with van der Waals surface area (Å²) < 4.78 is 16.1. The molecule has 2 aromatic carbocycles. The van der Waals surface area contributed by atoms with E-state index in [4.69, 9.17) is 14.2 Å². The van der Waals surface area contributed by atoms with Crippen LogP contribution in [0, 0.1) is 6.92 Å². The Kier molecular flexibility index (Phi) is 9.14. The third-order valence-electron chi connectivity index (χ3n) is 6.82. The summed E-state index contributed by atoms with van der Waals surface area (Å²) in [6, 6.07) is 12.3. The fourth-order valence-corrected chi connectivity index (χ4v) is 5.44. The molecule has 0 radical (unpaired) electrons. The number of pyridine rings is 1. The molecular formula is C30H27BrClN3O6. The molecule has 4 aromatic rings. The number of anilines is 1. The fraction of sp³-hybridized carbons (Fsp3) is 0.200. The first-order valence-corrected chi connectivity index (χ1v) is 13.6. The smallest absolute Gasteiger partial charge is 0.345 e. The molecule has 1 amide bonds. The van der Waals surface area contributed by atoms with E-state index in [0.29, 0.717) is 39.7 Å². The molecule has 2 aromatic heterocycles. The molecule has 1 atom stereocenters. The van der Waals surface area contributed by atoms with E-state index in [9.17, 15) is 14.4 Å². The van der Waals surface area contributed by atoms with Crippen LogP contribution in [0.25, 0.3) is 17.0 Å². The van der Waals surface area contributed by atoms with Crippen molar-refractivity contribution in [1.29, 1.82) is 0 Å². The zero-order chi connectivity index (χ0) is 28.4. The topological polar surface area (TPSA) is 111 Å². The van der Waals surface area contributed by atoms with Gasteiger partial charge in [0.1, 0.15) is 5.75 Å². The average molecular weight is 641 g/mol. The van der Waals surface area contributed by atoms with E-state index in [2.05, 4.69) is 25.9 Å². The zero-order valence-corrected chi connectivity index (χ0v) is 24.9. The maximum absolute atomic E-state index is 13.5. The minimum Gasteiger partial charge on any atom is -0.497 e. The molecule has 0 saturated heterocycles. The van der Waals surface area contributed by atoms with Gasteiger partial charge in [-0.15, -0.1) is 12.4 Å². The van der Waals surface area contributed by atoms with Crippen molar-refractivity contribution in [1.82, 2.24) is 9.97 Å². The number of hydrogen-bond donors (Lipinski definition) is 1. The second kappa shape index (κ2) is 12.6. The highest BCUT2D eigenvalue weighted by atomic mass is 79.9. The lowest BCUT2D eigenvalue weighted by atomic mass is 9.95. The number of amides is 1. The first kappa shape index (κ1) is 29.8. The van der Waals surface area contributed by atoms with Gasteiger partial charge in [-0.3, -0.25) is 9.78 Å². The summed E-state index contributed by atoms with van der Waals surface area (Å²) in [5, 5.41) is 1.11. The van der Waals surface area contributed by atoms with Crippen LogP contribution >= 0.6 is 28.3 Å². The number of nitrogens with zero attached hydrogens (tertiary/aromatic N) is 2. The van der Waals surface area contributed by atoms with E-state index in [1.807, 2.05) is 24.3 Å². The van der Waals surface area contributed by atoms with Crippen LogP contribution in [0.2, 0.25) is 0 Å². The molecule has 1 N–H and O–H groups in total. The van der Waals surface area contributed by atoms with E-state index >= 15 is 0 Å². The Balaban J connectivity index is 0.00000387. The van der Waals surface area contributed by atoms with Gasteiger partial charge in [-0.2, -0.15) is 0 Å². The lowest BCUT2D eigenvalue weighted by molar-refractivity contribution is -0.114. The van der Waals surface area contributed by atoms with Gasteiger partial charge in [0.05, 0.1) is 36.6 Å². The number of carbonyl (C=O) groups excluding carboxylic acids is 3. The summed E-state index contributed by atoms with van der Waals surface area (Å²) in [5.41, 5.74) is 3.82. The van der Waals surface area contributed by atoms with Crippen LogP contribution in [0.1, 0.15) is 43.5 Å². The van der Waals surface area contributed by atoms with E-state index in [0.717, 1.165) is 16.9 Å². The number of carbonyl (C=O) groups is 3. The highest BCUT2D eigenvalue weighted by molar-refractivity contribution is 9.09. The number of benzene rings is 2. The number of methoxy groups -OCH3 is 2. The number of aromatic nitrogens is 2. The lowest BCUT2D eigenvalue weighted by Gasteiger charge is -2.17. The van der Waals surface area contributed by atoms with Crippen molar-refractivity contribution in [2.45, 2.75) is 12.8 Å². The van der Waals surface area contributed by atoms with E-state index in [-0.39, 0.29) is 35.5 Å². The van der Waals surface area contributed by atoms with Gasteiger partial charge in [-0.1, -0.05) is 28.1 Å². The molecule has 5 rings (SSSR count). The normalized spacial score (nSPS) is 14.0.